The van der Waals surface area contributed by atoms with Crippen LogP contribution in [0.4, 0.5) is 0 Å². The van der Waals surface area contributed by atoms with Crippen molar-refractivity contribution in [1.29, 1.82) is 0 Å². The second kappa shape index (κ2) is 9.42. The summed E-state index contributed by atoms with van der Waals surface area (Å²) in [6.07, 6.45) is 1.52. The van der Waals surface area contributed by atoms with Crippen molar-refractivity contribution < 1.29 is 23.7 Å². The van der Waals surface area contributed by atoms with E-state index in [1.165, 1.54) is 18.0 Å². The summed E-state index contributed by atoms with van der Waals surface area (Å²) in [4.78, 5) is 11.1. The van der Waals surface area contributed by atoms with E-state index >= 15 is 0 Å². The van der Waals surface area contributed by atoms with Gasteiger partial charge in [0.15, 0.2) is 5.69 Å². The number of hydrogen-bond acceptors (Lipinski definition) is 7. The molecule has 8 heteroatoms. The number of aromatic nitrogens is 3. The Hall–Kier alpha value is -1.51. The Kier molecular flexibility index (Phi) is 7.71. The highest BCUT2D eigenvalue weighted by Crippen LogP contribution is 1.95. The van der Waals surface area contributed by atoms with E-state index in [1.54, 1.807) is 7.11 Å². The van der Waals surface area contributed by atoms with Crippen molar-refractivity contribution in [2.45, 2.75) is 6.54 Å². The van der Waals surface area contributed by atoms with Crippen LogP contribution in [-0.2, 0) is 25.5 Å². The number of hydrogen-bond donors (Lipinski definition) is 0. The van der Waals surface area contributed by atoms with Crippen molar-refractivity contribution in [3.8, 4) is 0 Å². The maximum atomic E-state index is 11.1. The number of rotatable bonds is 10. The van der Waals surface area contributed by atoms with Crippen LogP contribution < -0.4 is 0 Å². The van der Waals surface area contributed by atoms with Crippen molar-refractivity contribution in [3.05, 3.63) is 11.9 Å². The van der Waals surface area contributed by atoms with Gasteiger partial charge in [-0.1, -0.05) is 5.21 Å². The van der Waals surface area contributed by atoms with E-state index in [0.717, 1.165) is 0 Å². The summed E-state index contributed by atoms with van der Waals surface area (Å²) in [5.74, 6) is -0.501. The fourth-order valence-corrected chi connectivity index (χ4v) is 1.23. The number of carbonyl (C=O) groups is 1. The van der Waals surface area contributed by atoms with Crippen LogP contribution >= 0.6 is 0 Å². The molecular formula is C11H19N3O5. The quantitative estimate of drug-likeness (QED) is 0.429. The standard InChI is InChI=1S/C11H19N3O5/c1-16-5-6-19-8-7-18-4-3-14-9-10(12-13-14)11(15)17-2/h9H,3-8H2,1-2H3. The van der Waals surface area contributed by atoms with E-state index in [-0.39, 0.29) is 5.69 Å². The van der Waals surface area contributed by atoms with E-state index < -0.39 is 5.97 Å². The van der Waals surface area contributed by atoms with E-state index in [0.29, 0.717) is 39.6 Å². The van der Waals surface area contributed by atoms with Crippen LogP contribution in [0.25, 0.3) is 0 Å². The molecule has 0 aliphatic rings. The zero-order valence-electron chi connectivity index (χ0n) is 11.2. The highest BCUT2D eigenvalue weighted by Gasteiger charge is 2.09. The number of carbonyl (C=O) groups excluding carboxylic acids is 1. The van der Waals surface area contributed by atoms with Gasteiger partial charge in [0.2, 0.25) is 0 Å². The van der Waals surface area contributed by atoms with E-state index in [4.69, 9.17) is 14.2 Å². The molecule has 0 aliphatic carbocycles. The normalized spacial score (nSPS) is 10.6. The summed E-state index contributed by atoms with van der Waals surface area (Å²) in [7, 11) is 2.93. The molecule has 1 heterocycles. The number of nitrogens with zero attached hydrogens (tertiary/aromatic N) is 3. The molecule has 19 heavy (non-hydrogen) atoms. The average Bonchev–Trinajstić information content (AvgIpc) is 2.89. The van der Waals surface area contributed by atoms with E-state index in [2.05, 4.69) is 15.0 Å². The molecule has 0 aliphatic heterocycles. The lowest BCUT2D eigenvalue weighted by atomic mass is 10.5. The fourth-order valence-electron chi connectivity index (χ4n) is 1.23. The monoisotopic (exact) mass is 273 g/mol. The van der Waals surface area contributed by atoms with Gasteiger partial charge in [-0.15, -0.1) is 5.10 Å². The van der Waals surface area contributed by atoms with Gasteiger partial charge in [0, 0.05) is 7.11 Å². The molecule has 8 nitrogen and oxygen atoms in total. The first-order valence-corrected chi connectivity index (χ1v) is 5.90. The second-order valence-corrected chi connectivity index (χ2v) is 3.58. The Morgan fingerprint density at radius 3 is 2.53 bits per heavy atom. The van der Waals surface area contributed by atoms with Crippen LogP contribution in [0.5, 0.6) is 0 Å². The predicted octanol–water partition coefficient (Wildman–Crippen LogP) is -0.256. The van der Waals surface area contributed by atoms with Crippen molar-refractivity contribution >= 4 is 5.97 Å². The molecule has 0 amide bonds. The van der Waals surface area contributed by atoms with Crippen LogP contribution in [0, 0.1) is 0 Å². The molecule has 1 aromatic rings. The van der Waals surface area contributed by atoms with Crippen LogP contribution in [0.2, 0.25) is 0 Å². The van der Waals surface area contributed by atoms with E-state index in [9.17, 15) is 4.79 Å². The van der Waals surface area contributed by atoms with Gasteiger partial charge >= 0.3 is 5.97 Å². The highest BCUT2D eigenvalue weighted by atomic mass is 16.5. The van der Waals surface area contributed by atoms with Gasteiger partial charge in [-0.3, -0.25) is 0 Å². The Balaban J connectivity index is 2.06. The van der Waals surface area contributed by atoms with Gasteiger partial charge in [0.25, 0.3) is 0 Å². The Bertz CT molecular complexity index is 369. The molecule has 0 saturated heterocycles. The third-order valence-corrected chi connectivity index (χ3v) is 2.20. The maximum Gasteiger partial charge on any atom is 0.360 e. The smallest absolute Gasteiger partial charge is 0.360 e. The van der Waals surface area contributed by atoms with Gasteiger partial charge in [-0.05, 0) is 0 Å². The summed E-state index contributed by atoms with van der Waals surface area (Å²) in [5, 5.41) is 7.46. The fraction of sp³-hybridized carbons (Fsp3) is 0.727. The van der Waals surface area contributed by atoms with Gasteiger partial charge < -0.3 is 18.9 Å². The molecule has 0 radical (unpaired) electrons. The second-order valence-electron chi connectivity index (χ2n) is 3.58. The van der Waals surface area contributed by atoms with Crippen molar-refractivity contribution in [2.75, 3.05) is 47.3 Å². The van der Waals surface area contributed by atoms with Crippen LogP contribution in [0.1, 0.15) is 10.5 Å². The topological polar surface area (TPSA) is 84.7 Å². The molecule has 0 fully saturated rings. The van der Waals surface area contributed by atoms with Gasteiger partial charge in [-0.25, -0.2) is 9.48 Å². The predicted molar refractivity (Wildman–Crippen MR) is 64.9 cm³/mol. The molecular weight excluding hydrogens is 254 g/mol. The first-order valence-electron chi connectivity index (χ1n) is 5.90. The Morgan fingerprint density at radius 1 is 1.16 bits per heavy atom. The van der Waals surface area contributed by atoms with Crippen LogP contribution in [0.15, 0.2) is 6.20 Å². The summed E-state index contributed by atoms with van der Waals surface area (Å²) >= 11 is 0. The summed E-state index contributed by atoms with van der Waals surface area (Å²) < 4.78 is 21.5. The molecule has 0 saturated carbocycles. The van der Waals surface area contributed by atoms with Crippen LogP contribution in [0.3, 0.4) is 0 Å². The van der Waals surface area contributed by atoms with Crippen molar-refractivity contribution in [2.24, 2.45) is 0 Å². The molecule has 1 aromatic heterocycles. The lowest BCUT2D eigenvalue weighted by Crippen LogP contribution is -2.12. The van der Waals surface area contributed by atoms with Gasteiger partial charge in [-0.2, -0.15) is 0 Å². The molecule has 0 spiro atoms. The summed E-state index contributed by atoms with van der Waals surface area (Å²) in [5.41, 5.74) is 0.186. The lowest BCUT2D eigenvalue weighted by Gasteiger charge is -2.05. The largest absolute Gasteiger partial charge is 0.464 e. The zero-order chi connectivity index (χ0) is 13.9. The first kappa shape index (κ1) is 15.5. The first-order chi connectivity index (χ1) is 9.27. The third-order valence-electron chi connectivity index (χ3n) is 2.20. The summed E-state index contributed by atoms with van der Waals surface area (Å²) in [6.45, 7) is 3.15. The minimum absolute atomic E-state index is 0.186. The van der Waals surface area contributed by atoms with Crippen molar-refractivity contribution in [1.82, 2.24) is 15.0 Å². The minimum atomic E-state index is -0.501. The van der Waals surface area contributed by atoms with E-state index in [1.807, 2.05) is 0 Å². The number of esters is 1. The van der Waals surface area contributed by atoms with Crippen molar-refractivity contribution in [3.63, 3.8) is 0 Å². The summed E-state index contributed by atoms with van der Waals surface area (Å²) in [6, 6.07) is 0. The van der Waals surface area contributed by atoms with Gasteiger partial charge in [0.1, 0.15) is 0 Å². The average molecular weight is 273 g/mol. The lowest BCUT2D eigenvalue weighted by molar-refractivity contribution is 0.0224. The molecule has 0 atom stereocenters. The van der Waals surface area contributed by atoms with Crippen LogP contribution in [-0.4, -0.2) is 68.2 Å². The SMILES string of the molecule is COCCOCCOCCn1cc(C(=O)OC)nn1. The molecule has 0 bridgehead atoms. The number of methoxy groups -OCH3 is 2. The minimum Gasteiger partial charge on any atom is -0.464 e. The third kappa shape index (κ3) is 6.27. The molecule has 0 aromatic carbocycles. The molecule has 108 valence electrons. The zero-order valence-corrected chi connectivity index (χ0v) is 11.2. The maximum absolute atomic E-state index is 11.1. The highest BCUT2D eigenvalue weighted by molar-refractivity contribution is 5.86. The molecule has 0 N–H and O–H groups in total. The Labute approximate surface area is 111 Å². The molecule has 1 rings (SSSR count). The number of ether oxygens (including phenoxy) is 4. The van der Waals surface area contributed by atoms with Gasteiger partial charge in [0.05, 0.1) is 52.9 Å². The molecule has 0 unspecified atom stereocenters. The Morgan fingerprint density at radius 2 is 1.84 bits per heavy atom.